The number of fused-ring (bicyclic) bond motifs is 10. The quantitative estimate of drug-likeness (QED) is 0.236. The topological polar surface area (TPSA) is 45.5 Å². The first-order chi connectivity index (χ1) is 18.8. The van der Waals surface area contributed by atoms with E-state index < -0.39 is 0 Å². The van der Waals surface area contributed by atoms with Crippen molar-refractivity contribution in [2.24, 2.45) is 0 Å². The van der Waals surface area contributed by atoms with Gasteiger partial charge in [0.2, 0.25) is 5.78 Å². The zero-order chi connectivity index (χ0) is 25.0. The SMILES string of the molecule is N#Cc1ccc(-c2cc3c4cc5ccccc5cc4n4c3c(c2)n2c3cc5ccccc5cc3nc24)cc1. The molecule has 4 nitrogen and oxygen atoms in total. The Balaban J connectivity index is 1.51. The summed E-state index contributed by atoms with van der Waals surface area (Å²) in [7, 11) is 0. The number of hydrogen-bond acceptors (Lipinski definition) is 2. The molecule has 0 unspecified atom stereocenters. The normalized spacial score (nSPS) is 12.2. The van der Waals surface area contributed by atoms with E-state index >= 15 is 0 Å². The van der Waals surface area contributed by atoms with Crippen molar-refractivity contribution in [2.45, 2.75) is 0 Å². The number of nitrogens with zero attached hydrogens (tertiary/aromatic N) is 4. The summed E-state index contributed by atoms with van der Waals surface area (Å²) in [6, 6.07) is 40.7. The van der Waals surface area contributed by atoms with E-state index in [9.17, 15) is 5.26 Å². The van der Waals surface area contributed by atoms with Gasteiger partial charge in [-0.05, 0) is 81.2 Å². The summed E-state index contributed by atoms with van der Waals surface area (Å²) in [6.07, 6.45) is 0. The van der Waals surface area contributed by atoms with Crippen LogP contribution >= 0.6 is 0 Å². The maximum Gasteiger partial charge on any atom is 0.220 e. The third kappa shape index (κ3) is 2.45. The Morgan fingerprint density at radius 2 is 1.21 bits per heavy atom. The second-order valence-electron chi connectivity index (χ2n) is 10.1. The highest BCUT2D eigenvalue weighted by Crippen LogP contribution is 2.41. The van der Waals surface area contributed by atoms with Gasteiger partial charge in [-0.3, -0.25) is 8.80 Å². The van der Waals surface area contributed by atoms with Crippen molar-refractivity contribution >= 4 is 65.7 Å². The zero-order valence-electron chi connectivity index (χ0n) is 20.2. The Hall–Kier alpha value is -5.40. The maximum atomic E-state index is 9.30. The predicted molar refractivity (Wildman–Crippen MR) is 155 cm³/mol. The van der Waals surface area contributed by atoms with E-state index in [4.69, 9.17) is 4.98 Å². The fourth-order valence-corrected chi connectivity index (χ4v) is 6.23. The highest BCUT2D eigenvalue weighted by atomic mass is 15.2. The first kappa shape index (κ1) is 19.7. The largest absolute Gasteiger partial charge is 0.277 e. The molecule has 0 fully saturated rings. The van der Waals surface area contributed by atoms with Crippen LogP contribution in [0.1, 0.15) is 5.56 Å². The van der Waals surface area contributed by atoms with Crippen LogP contribution in [0.25, 0.3) is 76.8 Å². The van der Waals surface area contributed by atoms with Crippen LogP contribution < -0.4 is 0 Å². The molecule has 0 amide bonds. The van der Waals surface area contributed by atoms with Gasteiger partial charge in [0.1, 0.15) is 0 Å². The molecule has 0 bridgehead atoms. The van der Waals surface area contributed by atoms with Crippen LogP contribution in [0, 0.1) is 11.3 Å². The van der Waals surface area contributed by atoms with Gasteiger partial charge in [0.05, 0.1) is 39.2 Å². The minimum absolute atomic E-state index is 0.664. The summed E-state index contributed by atoms with van der Waals surface area (Å²) in [5, 5.41) is 16.6. The third-order valence-electron chi connectivity index (χ3n) is 8.00. The van der Waals surface area contributed by atoms with E-state index in [-0.39, 0.29) is 0 Å². The molecular formula is C34H18N4. The highest BCUT2D eigenvalue weighted by Gasteiger charge is 2.22. The lowest BCUT2D eigenvalue weighted by Crippen LogP contribution is -1.86. The molecule has 174 valence electrons. The minimum Gasteiger partial charge on any atom is -0.277 e. The first-order valence-corrected chi connectivity index (χ1v) is 12.7. The van der Waals surface area contributed by atoms with Crippen molar-refractivity contribution in [3.8, 4) is 17.2 Å². The van der Waals surface area contributed by atoms with Gasteiger partial charge in [0.25, 0.3) is 0 Å². The van der Waals surface area contributed by atoms with Crippen molar-refractivity contribution in [3.63, 3.8) is 0 Å². The van der Waals surface area contributed by atoms with E-state index in [0.29, 0.717) is 5.56 Å². The van der Waals surface area contributed by atoms with Crippen LogP contribution in [0.4, 0.5) is 0 Å². The molecule has 9 rings (SSSR count). The summed E-state index contributed by atoms with van der Waals surface area (Å²) in [5.74, 6) is 0.928. The molecule has 0 aliphatic rings. The minimum atomic E-state index is 0.664. The second-order valence-corrected chi connectivity index (χ2v) is 10.1. The molecule has 0 spiro atoms. The number of imidazole rings is 2. The number of nitriles is 1. The van der Waals surface area contributed by atoms with E-state index in [1.54, 1.807) is 0 Å². The van der Waals surface area contributed by atoms with Crippen LogP contribution in [0.2, 0.25) is 0 Å². The first-order valence-electron chi connectivity index (χ1n) is 12.7. The third-order valence-corrected chi connectivity index (χ3v) is 8.00. The Morgan fingerprint density at radius 1 is 0.553 bits per heavy atom. The van der Waals surface area contributed by atoms with E-state index in [1.807, 2.05) is 24.3 Å². The molecular weight excluding hydrogens is 464 g/mol. The standard InChI is InChI=1S/C34H18N4/c35-19-20-9-11-21(12-10-20)26-14-28-27-13-22-5-1-3-7-24(22)16-30(27)38-33(28)32(18-26)37-31-17-25-8-4-2-6-23(25)15-29(31)36-34(37)38/h1-18H. The molecule has 3 heterocycles. The lowest BCUT2D eigenvalue weighted by Gasteiger charge is -2.05. The van der Waals surface area contributed by atoms with Gasteiger partial charge in [-0.1, -0.05) is 60.7 Å². The Morgan fingerprint density at radius 3 is 1.92 bits per heavy atom. The molecule has 0 radical (unpaired) electrons. The predicted octanol–water partition coefficient (Wildman–Crippen LogP) is 8.33. The molecule has 0 atom stereocenters. The van der Waals surface area contributed by atoms with Crippen molar-refractivity contribution in [1.82, 2.24) is 13.8 Å². The van der Waals surface area contributed by atoms with Crippen LogP contribution in [-0.4, -0.2) is 13.8 Å². The van der Waals surface area contributed by atoms with E-state index in [0.717, 1.165) is 39.0 Å². The van der Waals surface area contributed by atoms with Gasteiger partial charge in [0.15, 0.2) is 0 Å². The molecule has 3 aromatic heterocycles. The van der Waals surface area contributed by atoms with Crippen LogP contribution in [-0.2, 0) is 0 Å². The van der Waals surface area contributed by atoms with Crippen LogP contribution in [0.15, 0.2) is 109 Å². The maximum absolute atomic E-state index is 9.30. The number of rotatable bonds is 1. The van der Waals surface area contributed by atoms with Crippen LogP contribution in [0.5, 0.6) is 0 Å². The summed E-state index contributed by atoms with van der Waals surface area (Å²) >= 11 is 0. The van der Waals surface area contributed by atoms with Gasteiger partial charge < -0.3 is 0 Å². The van der Waals surface area contributed by atoms with Gasteiger partial charge in [-0.15, -0.1) is 0 Å². The molecule has 9 aromatic rings. The fourth-order valence-electron chi connectivity index (χ4n) is 6.23. The molecule has 38 heavy (non-hydrogen) atoms. The lowest BCUT2D eigenvalue weighted by atomic mass is 10.00. The number of hydrogen-bond donors (Lipinski definition) is 0. The number of aromatic nitrogens is 3. The molecule has 0 saturated heterocycles. The van der Waals surface area contributed by atoms with Crippen molar-refractivity contribution in [2.75, 3.05) is 0 Å². The monoisotopic (exact) mass is 482 g/mol. The van der Waals surface area contributed by atoms with Crippen molar-refractivity contribution < 1.29 is 0 Å². The Bertz CT molecular complexity index is 2450. The van der Waals surface area contributed by atoms with Gasteiger partial charge in [-0.25, -0.2) is 4.98 Å². The summed E-state index contributed by atoms with van der Waals surface area (Å²) in [4.78, 5) is 5.20. The smallest absolute Gasteiger partial charge is 0.220 e. The second kappa shape index (κ2) is 6.88. The summed E-state index contributed by atoms with van der Waals surface area (Å²) < 4.78 is 4.64. The summed E-state index contributed by atoms with van der Waals surface area (Å²) in [5.41, 5.74) is 8.46. The van der Waals surface area contributed by atoms with Gasteiger partial charge >= 0.3 is 0 Å². The molecule has 4 heteroatoms. The average Bonchev–Trinajstić information content (AvgIpc) is 3.59. The van der Waals surface area contributed by atoms with Gasteiger partial charge in [0, 0.05) is 10.8 Å². The molecule has 0 aliphatic heterocycles. The summed E-state index contributed by atoms with van der Waals surface area (Å²) in [6.45, 7) is 0. The van der Waals surface area contributed by atoms with Crippen LogP contribution in [0.3, 0.4) is 0 Å². The van der Waals surface area contributed by atoms with Crippen molar-refractivity contribution in [3.05, 3.63) is 115 Å². The van der Waals surface area contributed by atoms with Crippen molar-refractivity contribution in [1.29, 1.82) is 5.26 Å². The molecule has 0 N–H and O–H groups in total. The molecule has 0 aliphatic carbocycles. The fraction of sp³-hybridized carbons (Fsp3) is 0. The van der Waals surface area contributed by atoms with Gasteiger partial charge in [-0.2, -0.15) is 5.26 Å². The van der Waals surface area contributed by atoms with E-state index in [1.165, 1.54) is 37.8 Å². The zero-order valence-corrected chi connectivity index (χ0v) is 20.2. The molecule has 6 aromatic carbocycles. The number of benzene rings is 6. The highest BCUT2D eigenvalue weighted by molar-refractivity contribution is 6.20. The Kier molecular flexibility index (Phi) is 3.57. The molecule has 0 saturated carbocycles. The average molecular weight is 483 g/mol. The Labute approximate surface area is 216 Å². The lowest BCUT2D eigenvalue weighted by molar-refractivity contribution is 1.22. The van der Waals surface area contributed by atoms with E-state index in [2.05, 4.69) is 99.8 Å².